The molecule has 1 atom stereocenters. The van der Waals surface area contributed by atoms with Crippen molar-refractivity contribution < 1.29 is 4.79 Å². The molecule has 2 N–H and O–H groups in total. The highest BCUT2D eigenvalue weighted by Crippen LogP contribution is 2.31. The van der Waals surface area contributed by atoms with Crippen molar-refractivity contribution in [2.75, 3.05) is 12.9 Å². The van der Waals surface area contributed by atoms with Crippen LogP contribution < -0.4 is 10.6 Å². The number of hydrogen-bond acceptors (Lipinski definition) is 4. The van der Waals surface area contributed by atoms with Crippen molar-refractivity contribution in [1.29, 1.82) is 0 Å². The van der Waals surface area contributed by atoms with E-state index < -0.39 is 0 Å². The third kappa shape index (κ3) is 2.50. The van der Waals surface area contributed by atoms with Gasteiger partial charge in [-0.25, -0.2) is 0 Å². The molecule has 1 heterocycles. The van der Waals surface area contributed by atoms with E-state index in [0.717, 1.165) is 31.5 Å². The molecule has 0 fully saturated rings. The van der Waals surface area contributed by atoms with Crippen molar-refractivity contribution in [1.82, 2.24) is 10.6 Å². The first-order valence-electron chi connectivity index (χ1n) is 6.66. The number of Topliss-reactive ketones (excluding diaryl/α,β-unsaturated/α-hetero) is 1. The third-order valence-corrected chi connectivity index (χ3v) is 4.65. The molecule has 2 aliphatic rings. The average molecular weight is 274 g/mol. The first-order chi connectivity index (χ1) is 9.28. The maximum atomic E-state index is 12.5. The van der Waals surface area contributed by atoms with E-state index in [1.807, 2.05) is 30.5 Å². The minimum atomic E-state index is 0.131. The van der Waals surface area contributed by atoms with Gasteiger partial charge in [-0.15, -0.1) is 11.8 Å². The summed E-state index contributed by atoms with van der Waals surface area (Å²) in [6, 6.07) is 7.97. The van der Waals surface area contributed by atoms with Gasteiger partial charge < -0.3 is 10.6 Å². The lowest BCUT2D eigenvalue weighted by atomic mass is 9.85. The number of allylic oxidation sites excluding steroid dienone is 2. The number of hydrogen-bond donors (Lipinski definition) is 2. The van der Waals surface area contributed by atoms with E-state index in [9.17, 15) is 4.79 Å². The molecule has 1 aliphatic carbocycles. The standard InChI is InChI=1S/C15H18N2OS/c1-19-12-5-2-10(3-6-12)15(18)11-4-7-13-14(8-11)17-9-16-13/h2-3,5-6,11,16-17H,4,7-9H2,1H3. The fourth-order valence-corrected chi connectivity index (χ4v) is 3.20. The third-order valence-electron chi connectivity index (χ3n) is 3.91. The van der Waals surface area contributed by atoms with Gasteiger partial charge in [-0.2, -0.15) is 0 Å². The van der Waals surface area contributed by atoms with Gasteiger partial charge in [-0.1, -0.05) is 12.1 Å². The van der Waals surface area contributed by atoms with Crippen LogP contribution in [0.5, 0.6) is 0 Å². The second kappa shape index (κ2) is 5.29. The molecule has 3 rings (SSSR count). The van der Waals surface area contributed by atoms with E-state index in [1.54, 1.807) is 11.8 Å². The molecule has 0 bridgehead atoms. The summed E-state index contributed by atoms with van der Waals surface area (Å²) < 4.78 is 0. The smallest absolute Gasteiger partial charge is 0.166 e. The maximum Gasteiger partial charge on any atom is 0.166 e. The molecule has 0 radical (unpaired) electrons. The number of rotatable bonds is 3. The van der Waals surface area contributed by atoms with Crippen molar-refractivity contribution in [2.24, 2.45) is 5.92 Å². The van der Waals surface area contributed by atoms with E-state index in [-0.39, 0.29) is 11.7 Å². The molecule has 0 spiro atoms. The van der Waals surface area contributed by atoms with E-state index in [2.05, 4.69) is 10.6 Å². The molecule has 19 heavy (non-hydrogen) atoms. The first-order valence-corrected chi connectivity index (χ1v) is 7.88. The van der Waals surface area contributed by atoms with Gasteiger partial charge in [-0.05, 0) is 37.7 Å². The molecule has 1 aromatic rings. The van der Waals surface area contributed by atoms with Gasteiger partial charge in [0.15, 0.2) is 5.78 Å². The summed E-state index contributed by atoms with van der Waals surface area (Å²) in [5.74, 6) is 0.416. The van der Waals surface area contributed by atoms with Crippen molar-refractivity contribution in [2.45, 2.75) is 24.2 Å². The molecule has 4 heteroatoms. The van der Waals surface area contributed by atoms with Gasteiger partial charge in [0, 0.05) is 27.8 Å². The molecule has 0 aromatic heterocycles. The molecular weight excluding hydrogens is 256 g/mol. The lowest BCUT2D eigenvalue weighted by Crippen LogP contribution is -2.22. The van der Waals surface area contributed by atoms with Crippen molar-refractivity contribution >= 4 is 17.5 Å². The fourth-order valence-electron chi connectivity index (χ4n) is 2.79. The minimum Gasteiger partial charge on any atom is -0.370 e. The summed E-state index contributed by atoms with van der Waals surface area (Å²) >= 11 is 1.70. The van der Waals surface area contributed by atoms with Gasteiger partial charge >= 0.3 is 0 Å². The summed E-state index contributed by atoms with van der Waals surface area (Å²) in [6.45, 7) is 0.813. The predicted octanol–water partition coefficient (Wildman–Crippen LogP) is 2.75. The fraction of sp³-hybridized carbons (Fsp3) is 0.400. The normalized spacial score (nSPS) is 21.6. The van der Waals surface area contributed by atoms with Crippen LogP contribution >= 0.6 is 11.8 Å². The summed E-state index contributed by atoms with van der Waals surface area (Å²) in [6.07, 6.45) is 4.84. The number of nitrogens with one attached hydrogen (secondary N) is 2. The van der Waals surface area contributed by atoms with Crippen molar-refractivity contribution in [3.8, 4) is 0 Å². The number of carbonyl (C=O) groups excluding carboxylic acids is 1. The maximum absolute atomic E-state index is 12.5. The first kappa shape index (κ1) is 12.6. The highest BCUT2D eigenvalue weighted by Gasteiger charge is 2.28. The van der Waals surface area contributed by atoms with Gasteiger partial charge in [0.2, 0.25) is 0 Å². The van der Waals surface area contributed by atoms with Crippen LogP contribution in [0.2, 0.25) is 0 Å². The lowest BCUT2D eigenvalue weighted by molar-refractivity contribution is 0.0908. The Labute approximate surface area is 117 Å². The number of thioether (sulfide) groups is 1. The molecular formula is C15H18N2OS. The SMILES string of the molecule is CSc1ccc(C(=O)C2CCC3=C(C2)NCN3)cc1. The van der Waals surface area contributed by atoms with E-state index in [4.69, 9.17) is 0 Å². The average Bonchev–Trinajstić information content (AvgIpc) is 2.94. The Kier molecular flexibility index (Phi) is 3.51. The molecule has 3 nitrogen and oxygen atoms in total. The summed E-state index contributed by atoms with van der Waals surface area (Å²) in [4.78, 5) is 13.7. The summed E-state index contributed by atoms with van der Waals surface area (Å²) in [7, 11) is 0. The van der Waals surface area contributed by atoms with Gasteiger partial charge in [0.1, 0.15) is 0 Å². The Hall–Kier alpha value is -1.42. The van der Waals surface area contributed by atoms with Crippen molar-refractivity contribution in [3.63, 3.8) is 0 Å². The Bertz CT molecular complexity index is 521. The molecule has 100 valence electrons. The topological polar surface area (TPSA) is 41.1 Å². The quantitative estimate of drug-likeness (QED) is 0.657. The largest absolute Gasteiger partial charge is 0.370 e. The Morgan fingerprint density at radius 2 is 1.95 bits per heavy atom. The molecule has 0 amide bonds. The Morgan fingerprint density at radius 3 is 2.68 bits per heavy atom. The number of carbonyl (C=O) groups is 1. The highest BCUT2D eigenvalue weighted by molar-refractivity contribution is 7.98. The van der Waals surface area contributed by atoms with E-state index in [0.29, 0.717) is 0 Å². The number of ketones is 1. The minimum absolute atomic E-state index is 0.131. The zero-order valence-corrected chi connectivity index (χ0v) is 11.8. The van der Waals surface area contributed by atoms with Gasteiger partial charge in [0.05, 0.1) is 6.67 Å². The van der Waals surface area contributed by atoms with Crippen LogP contribution in [0, 0.1) is 5.92 Å². The van der Waals surface area contributed by atoms with Crippen LogP contribution in [0.15, 0.2) is 40.6 Å². The molecule has 1 aromatic carbocycles. The monoisotopic (exact) mass is 274 g/mol. The Balaban J connectivity index is 1.73. The van der Waals surface area contributed by atoms with Gasteiger partial charge in [0.25, 0.3) is 0 Å². The zero-order chi connectivity index (χ0) is 13.2. The van der Waals surface area contributed by atoms with Crippen LogP contribution in [-0.2, 0) is 0 Å². The second-order valence-electron chi connectivity index (χ2n) is 5.02. The van der Waals surface area contributed by atoms with Crippen molar-refractivity contribution in [3.05, 3.63) is 41.2 Å². The molecule has 1 unspecified atom stereocenters. The van der Waals surface area contributed by atoms with Crippen LogP contribution in [0.3, 0.4) is 0 Å². The highest BCUT2D eigenvalue weighted by atomic mass is 32.2. The predicted molar refractivity (Wildman–Crippen MR) is 78.1 cm³/mol. The van der Waals surface area contributed by atoms with E-state index >= 15 is 0 Å². The van der Waals surface area contributed by atoms with Crippen LogP contribution in [-0.4, -0.2) is 18.7 Å². The van der Waals surface area contributed by atoms with Crippen LogP contribution in [0.25, 0.3) is 0 Å². The second-order valence-corrected chi connectivity index (χ2v) is 5.90. The Morgan fingerprint density at radius 1 is 1.21 bits per heavy atom. The molecule has 1 aliphatic heterocycles. The molecule has 0 saturated heterocycles. The lowest BCUT2D eigenvalue weighted by Gasteiger charge is -2.22. The summed E-state index contributed by atoms with van der Waals surface area (Å²) in [5.41, 5.74) is 3.39. The zero-order valence-electron chi connectivity index (χ0n) is 11.0. The van der Waals surface area contributed by atoms with Gasteiger partial charge in [-0.3, -0.25) is 4.79 Å². The number of benzene rings is 1. The summed E-state index contributed by atoms with van der Waals surface area (Å²) in [5, 5.41) is 6.65. The van der Waals surface area contributed by atoms with Crippen LogP contribution in [0.1, 0.15) is 29.6 Å². The van der Waals surface area contributed by atoms with E-state index in [1.165, 1.54) is 16.3 Å². The molecule has 0 saturated carbocycles. The van der Waals surface area contributed by atoms with Crippen LogP contribution in [0.4, 0.5) is 0 Å².